The summed E-state index contributed by atoms with van der Waals surface area (Å²) < 4.78 is 24.6. The summed E-state index contributed by atoms with van der Waals surface area (Å²) >= 11 is 0. The molecule has 0 bridgehead atoms. The lowest BCUT2D eigenvalue weighted by atomic mass is 9.87. The Bertz CT molecular complexity index is 1110. The van der Waals surface area contributed by atoms with Crippen molar-refractivity contribution < 1.29 is 28.5 Å². The molecule has 2 fully saturated rings. The fraction of sp³-hybridized carbons (Fsp3) is 0.643. The first-order valence-electron chi connectivity index (χ1n) is 13.6. The molecule has 0 saturated heterocycles. The maximum Gasteiger partial charge on any atom is 0.410 e. The first-order valence-corrected chi connectivity index (χ1v) is 13.6. The molecule has 2 aliphatic carbocycles. The number of carbonyl (C=O) groups is 2. The van der Waals surface area contributed by atoms with Crippen LogP contribution in [0, 0.1) is 5.92 Å². The minimum Gasteiger partial charge on any atom is -0.485 e. The molecule has 1 amide bonds. The van der Waals surface area contributed by atoms with Gasteiger partial charge in [0.2, 0.25) is 0 Å². The van der Waals surface area contributed by atoms with Crippen LogP contribution in [0.4, 0.5) is 4.79 Å². The lowest BCUT2D eigenvalue weighted by Crippen LogP contribution is -2.35. The van der Waals surface area contributed by atoms with E-state index >= 15 is 0 Å². The standard InChI is InChI=1S/C28H40N4O6/c1-18(2)37-27(33)19-9-8-12-21(15-19)38-25-14-13-23(30-26(25)35-5)22-16-29-32(4)24(22)17-36-28(34)31(3)20-10-6-7-11-20/h13-14,16,18-21H,6-12,15,17H2,1-5H3/t19-,21-/m0/s1. The average Bonchev–Trinajstić information content (AvgIpc) is 3.57. The molecule has 10 heteroatoms. The van der Waals surface area contributed by atoms with Gasteiger partial charge in [-0.1, -0.05) is 12.8 Å². The van der Waals surface area contributed by atoms with E-state index in [-0.39, 0.29) is 42.8 Å². The van der Waals surface area contributed by atoms with Crippen LogP contribution < -0.4 is 9.47 Å². The molecule has 0 radical (unpaired) electrons. The second-order valence-electron chi connectivity index (χ2n) is 10.5. The Balaban J connectivity index is 1.43. The molecule has 10 nitrogen and oxygen atoms in total. The average molecular weight is 529 g/mol. The summed E-state index contributed by atoms with van der Waals surface area (Å²) in [5.74, 6) is 0.548. The van der Waals surface area contributed by atoms with Crippen LogP contribution in [-0.4, -0.2) is 64.1 Å². The van der Waals surface area contributed by atoms with Crippen LogP contribution in [0.2, 0.25) is 0 Å². The molecule has 0 unspecified atom stereocenters. The van der Waals surface area contributed by atoms with E-state index in [2.05, 4.69) is 10.1 Å². The number of ether oxygens (including phenoxy) is 4. The summed E-state index contributed by atoms with van der Waals surface area (Å²) in [7, 11) is 5.16. The van der Waals surface area contributed by atoms with Crippen LogP contribution in [0.15, 0.2) is 18.3 Å². The molecular formula is C28H40N4O6. The summed E-state index contributed by atoms with van der Waals surface area (Å²) in [4.78, 5) is 31.4. The fourth-order valence-electron chi connectivity index (χ4n) is 5.31. The minimum atomic E-state index is -0.332. The monoisotopic (exact) mass is 528 g/mol. The Morgan fingerprint density at radius 1 is 1.13 bits per heavy atom. The SMILES string of the molecule is COc1nc(-c2cnn(C)c2COC(=O)N(C)C2CCCC2)ccc1O[C@H]1CCC[C@H](C(=O)OC(C)C)C1. The predicted octanol–water partition coefficient (Wildman–Crippen LogP) is 4.89. The normalized spacial score (nSPS) is 19.8. The summed E-state index contributed by atoms with van der Waals surface area (Å²) in [6.45, 7) is 3.80. The largest absolute Gasteiger partial charge is 0.485 e. The Morgan fingerprint density at radius 3 is 2.61 bits per heavy atom. The number of methoxy groups -OCH3 is 1. The third-order valence-electron chi connectivity index (χ3n) is 7.45. The molecule has 2 atom stereocenters. The smallest absolute Gasteiger partial charge is 0.410 e. The van der Waals surface area contributed by atoms with E-state index in [1.807, 2.05) is 33.0 Å². The number of rotatable bonds is 9. The van der Waals surface area contributed by atoms with Gasteiger partial charge in [-0.25, -0.2) is 9.78 Å². The topological polar surface area (TPSA) is 105 Å². The first kappa shape index (κ1) is 27.7. The highest BCUT2D eigenvalue weighted by Gasteiger charge is 2.31. The van der Waals surface area contributed by atoms with Crippen LogP contribution in [0.5, 0.6) is 11.6 Å². The number of amides is 1. The second kappa shape index (κ2) is 12.5. The number of nitrogens with zero attached hydrogens (tertiary/aromatic N) is 4. The first-order chi connectivity index (χ1) is 18.3. The maximum absolute atomic E-state index is 12.6. The van der Waals surface area contributed by atoms with E-state index in [4.69, 9.17) is 18.9 Å². The van der Waals surface area contributed by atoms with Gasteiger partial charge in [0.15, 0.2) is 5.75 Å². The molecule has 2 aliphatic rings. The number of hydrogen-bond donors (Lipinski definition) is 0. The van der Waals surface area contributed by atoms with Crippen molar-refractivity contribution in [2.45, 2.75) is 90.1 Å². The van der Waals surface area contributed by atoms with E-state index in [1.165, 1.54) is 0 Å². The molecule has 4 rings (SSSR count). The van der Waals surface area contributed by atoms with Gasteiger partial charge in [0, 0.05) is 25.7 Å². The molecule has 2 aromatic rings. The molecule has 0 aromatic carbocycles. The molecule has 38 heavy (non-hydrogen) atoms. The Kier molecular flexibility index (Phi) is 9.12. The van der Waals surface area contributed by atoms with Gasteiger partial charge in [-0.3, -0.25) is 9.48 Å². The summed E-state index contributed by atoms with van der Waals surface area (Å²) in [5, 5.41) is 4.37. The zero-order chi connectivity index (χ0) is 27.2. The third kappa shape index (κ3) is 6.57. The van der Waals surface area contributed by atoms with Crippen molar-refractivity contribution in [3.05, 3.63) is 24.0 Å². The molecule has 0 N–H and O–H groups in total. The van der Waals surface area contributed by atoms with E-state index in [9.17, 15) is 9.59 Å². The van der Waals surface area contributed by atoms with Crippen molar-refractivity contribution in [3.8, 4) is 22.9 Å². The number of carbonyl (C=O) groups excluding carboxylic acids is 2. The van der Waals surface area contributed by atoms with E-state index in [1.54, 1.807) is 29.9 Å². The Hall–Kier alpha value is -3.30. The highest BCUT2D eigenvalue weighted by Crippen LogP contribution is 2.35. The molecule has 2 heterocycles. The van der Waals surface area contributed by atoms with Crippen LogP contribution in [0.25, 0.3) is 11.3 Å². The van der Waals surface area contributed by atoms with Crippen molar-refractivity contribution in [3.63, 3.8) is 0 Å². The molecule has 0 spiro atoms. The Morgan fingerprint density at radius 2 is 1.89 bits per heavy atom. The minimum absolute atomic E-state index is 0.0832. The maximum atomic E-state index is 12.6. The molecule has 0 aliphatic heterocycles. The number of aromatic nitrogens is 3. The van der Waals surface area contributed by atoms with Crippen molar-refractivity contribution in [2.24, 2.45) is 13.0 Å². The summed E-state index contributed by atoms with van der Waals surface area (Å²) in [6.07, 6.45) is 8.60. The number of pyridine rings is 1. The van der Waals surface area contributed by atoms with Gasteiger partial charge in [-0.2, -0.15) is 5.10 Å². The highest BCUT2D eigenvalue weighted by molar-refractivity contribution is 5.72. The quantitative estimate of drug-likeness (QED) is 0.424. The zero-order valence-electron chi connectivity index (χ0n) is 23.1. The van der Waals surface area contributed by atoms with Crippen LogP contribution in [0.3, 0.4) is 0 Å². The summed E-state index contributed by atoms with van der Waals surface area (Å²) in [5.41, 5.74) is 2.13. The van der Waals surface area contributed by atoms with Gasteiger partial charge >= 0.3 is 12.1 Å². The van der Waals surface area contributed by atoms with E-state index in [0.29, 0.717) is 23.7 Å². The van der Waals surface area contributed by atoms with Gasteiger partial charge in [-0.15, -0.1) is 0 Å². The van der Waals surface area contributed by atoms with Crippen molar-refractivity contribution >= 4 is 12.1 Å². The van der Waals surface area contributed by atoms with E-state index < -0.39 is 0 Å². The lowest BCUT2D eigenvalue weighted by Gasteiger charge is -2.29. The van der Waals surface area contributed by atoms with Gasteiger partial charge in [0.1, 0.15) is 6.61 Å². The fourth-order valence-corrected chi connectivity index (χ4v) is 5.31. The van der Waals surface area contributed by atoms with Crippen molar-refractivity contribution in [1.29, 1.82) is 0 Å². The summed E-state index contributed by atoms with van der Waals surface area (Å²) in [6, 6.07) is 3.92. The molecule has 2 saturated carbocycles. The lowest BCUT2D eigenvalue weighted by molar-refractivity contribution is -0.154. The van der Waals surface area contributed by atoms with E-state index in [0.717, 1.165) is 56.2 Å². The van der Waals surface area contributed by atoms with Crippen molar-refractivity contribution in [1.82, 2.24) is 19.7 Å². The predicted molar refractivity (Wildman–Crippen MR) is 141 cm³/mol. The third-order valence-corrected chi connectivity index (χ3v) is 7.45. The van der Waals surface area contributed by atoms with Gasteiger partial charge < -0.3 is 23.8 Å². The number of aryl methyl sites for hydroxylation is 1. The molecular weight excluding hydrogens is 488 g/mol. The van der Waals surface area contributed by atoms with Crippen molar-refractivity contribution in [2.75, 3.05) is 14.2 Å². The molecule has 208 valence electrons. The van der Waals surface area contributed by atoms with Gasteiger partial charge in [0.05, 0.1) is 42.8 Å². The highest BCUT2D eigenvalue weighted by atomic mass is 16.6. The zero-order valence-corrected chi connectivity index (χ0v) is 23.1. The van der Waals surface area contributed by atoms with Crippen LogP contribution in [0.1, 0.15) is 70.9 Å². The molecule has 2 aromatic heterocycles. The van der Waals surface area contributed by atoms with Crippen LogP contribution >= 0.6 is 0 Å². The van der Waals surface area contributed by atoms with Crippen LogP contribution in [-0.2, 0) is 27.9 Å². The second-order valence-corrected chi connectivity index (χ2v) is 10.5. The van der Waals surface area contributed by atoms with Gasteiger partial charge in [0.25, 0.3) is 5.88 Å². The number of hydrogen-bond acceptors (Lipinski definition) is 8. The van der Waals surface area contributed by atoms with Gasteiger partial charge in [-0.05, 0) is 64.5 Å². The number of esters is 1. The Labute approximate surface area is 224 Å².